The fourth-order valence-electron chi connectivity index (χ4n) is 2.47. The lowest BCUT2D eigenvalue weighted by molar-refractivity contribution is -0.122. The highest BCUT2D eigenvalue weighted by Crippen LogP contribution is 2.28. The van der Waals surface area contributed by atoms with Crippen LogP contribution in [0.1, 0.15) is 24.8 Å². The molecule has 0 aromatic heterocycles. The lowest BCUT2D eigenvalue weighted by Crippen LogP contribution is -2.24. The van der Waals surface area contributed by atoms with Crippen molar-refractivity contribution in [3.05, 3.63) is 35.9 Å². The smallest absolute Gasteiger partial charge is 0.255 e. The van der Waals surface area contributed by atoms with Crippen LogP contribution in [0.4, 0.5) is 0 Å². The zero-order valence-corrected chi connectivity index (χ0v) is 13.2. The molecule has 124 valence electrons. The maximum Gasteiger partial charge on any atom is 0.255 e. The van der Waals surface area contributed by atoms with Gasteiger partial charge in [0.15, 0.2) is 18.1 Å². The van der Waals surface area contributed by atoms with E-state index < -0.39 is 5.91 Å². The summed E-state index contributed by atoms with van der Waals surface area (Å²) in [5, 5.41) is 2.90. The van der Waals surface area contributed by atoms with E-state index in [0.29, 0.717) is 30.4 Å². The number of allylic oxidation sites excluding steroid dienone is 2. The summed E-state index contributed by atoms with van der Waals surface area (Å²) in [4.78, 5) is 22.7. The molecule has 0 radical (unpaired) electrons. The van der Waals surface area contributed by atoms with E-state index in [1.807, 2.05) is 6.07 Å². The van der Waals surface area contributed by atoms with E-state index in [4.69, 9.17) is 15.2 Å². The number of nitrogens with two attached hydrogens (primary N) is 1. The lowest BCUT2D eigenvalue weighted by atomic mass is 10.1. The molecule has 0 aliphatic heterocycles. The van der Waals surface area contributed by atoms with Gasteiger partial charge in [-0.25, -0.2) is 0 Å². The minimum Gasteiger partial charge on any atom is -0.493 e. The second-order valence-corrected chi connectivity index (χ2v) is 5.49. The molecule has 1 unspecified atom stereocenters. The van der Waals surface area contributed by atoms with E-state index in [9.17, 15) is 9.59 Å². The van der Waals surface area contributed by atoms with Crippen LogP contribution in [0.5, 0.6) is 11.5 Å². The lowest BCUT2D eigenvalue weighted by Gasteiger charge is -2.12. The topological polar surface area (TPSA) is 90.7 Å². The maximum atomic E-state index is 11.9. The molecule has 23 heavy (non-hydrogen) atoms. The monoisotopic (exact) mass is 318 g/mol. The van der Waals surface area contributed by atoms with E-state index in [2.05, 4.69) is 17.5 Å². The predicted octanol–water partition coefficient (Wildman–Crippen LogP) is 1.53. The quantitative estimate of drug-likeness (QED) is 0.711. The van der Waals surface area contributed by atoms with E-state index >= 15 is 0 Å². The van der Waals surface area contributed by atoms with Crippen LogP contribution in [-0.2, 0) is 16.1 Å². The Hall–Kier alpha value is -2.50. The molecule has 6 heteroatoms. The highest BCUT2D eigenvalue weighted by molar-refractivity contribution is 5.76. The van der Waals surface area contributed by atoms with Crippen LogP contribution in [0.3, 0.4) is 0 Å². The normalized spacial score (nSPS) is 16.1. The van der Waals surface area contributed by atoms with Gasteiger partial charge in [0.05, 0.1) is 7.11 Å². The Labute approximate surface area is 135 Å². The number of carbonyl (C=O) groups excluding carboxylic acids is 2. The van der Waals surface area contributed by atoms with Crippen LogP contribution >= 0.6 is 0 Å². The summed E-state index contributed by atoms with van der Waals surface area (Å²) in [6.45, 7) is 0.211. The molecule has 6 nitrogen and oxygen atoms in total. The summed E-state index contributed by atoms with van der Waals surface area (Å²) in [6.07, 6.45) is 6.85. The first kappa shape index (κ1) is 16.9. The Morgan fingerprint density at radius 3 is 2.83 bits per heavy atom. The largest absolute Gasteiger partial charge is 0.493 e. The standard InChI is InChI=1S/C17H22N2O4/c1-22-15-8-13(6-7-14(15)23-11-16(18)20)10-19-17(21)9-12-4-2-3-5-12/h2,4,6-8,12H,3,5,9-11H2,1H3,(H2,18,20)(H,19,21). The van der Waals surface area contributed by atoms with E-state index in [1.54, 1.807) is 12.1 Å². The maximum absolute atomic E-state index is 11.9. The van der Waals surface area contributed by atoms with Gasteiger partial charge in [0, 0.05) is 13.0 Å². The van der Waals surface area contributed by atoms with Crippen molar-refractivity contribution in [3.63, 3.8) is 0 Å². The fraction of sp³-hybridized carbons (Fsp3) is 0.412. The molecule has 1 atom stereocenters. The third-order valence-corrected chi connectivity index (χ3v) is 3.65. The highest BCUT2D eigenvalue weighted by atomic mass is 16.5. The van der Waals surface area contributed by atoms with Gasteiger partial charge in [0.1, 0.15) is 0 Å². The molecule has 3 N–H and O–H groups in total. The average molecular weight is 318 g/mol. The Bertz CT molecular complexity index is 598. The molecular weight excluding hydrogens is 296 g/mol. The molecule has 1 aliphatic carbocycles. The molecule has 0 saturated carbocycles. The van der Waals surface area contributed by atoms with Crippen molar-refractivity contribution in [1.29, 1.82) is 0 Å². The van der Waals surface area contributed by atoms with Gasteiger partial charge < -0.3 is 20.5 Å². The summed E-state index contributed by atoms with van der Waals surface area (Å²) < 4.78 is 10.5. The number of benzene rings is 1. The van der Waals surface area contributed by atoms with E-state index in [0.717, 1.165) is 18.4 Å². The Morgan fingerprint density at radius 1 is 1.35 bits per heavy atom. The van der Waals surface area contributed by atoms with Gasteiger partial charge in [-0.1, -0.05) is 18.2 Å². The van der Waals surface area contributed by atoms with Crippen molar-refractivity contribution in [2.75, 3.05) is 13.7 Å². The number of methoxy groups -OCH3 is 1. The van der Waals surface area contributed by atoms with Gasteiger partial charge >= 0.3 is 0 Å². The molecule has 1 aromatic rings. The van der Waals surface area contributed by atoms with Crippen molar-refractivity contribution >= 4 is 11.8 Å². The first-order chi connectivity index (χ1) is 11.1. The molecule has 0 fully saturated rings. The summed E-state index contributed by atoms with van der Waals surface area (Å²) >= 11 is 0. The van der Waals surface area contributed by atoms with Crippen molar-refractivity contribution < 1.29 is 19.1 Å². The van der Waals surface area contributed by atoms with Gasteiger partial charge in [-0.05, 0) is 36.5 Å². The number of hydrogen-bond donors (Lipinski definition) is 2. The number of primary amides is 1. The number of carbonyl (C=O) groups is 2. The van der Waals surface area contributed by atoms with Gasteiger partial charge in [0.25, 0.3) is 5.91 Å². The Morgan fingerprint density at radius 2 is 2.17 bits per heavy atom. The predicted molar refractivity (Wildman–Crippen MR) is 86.0 cm³/mol. The number of amides is 2. The first-order valence-electron chi connectivity index (χ1n) is 7.60. The summed E-state index contributed by atoms with van der Waals surface area (Å²) in [5.41, 5.74) is 5.94. The third kappa shape index (κ3) is 5.32. The number of nitrogens with one attached hydrogen (secondary N) is 1. The molecule has 0 heterocycles. The van der Waals surface area contributed by atoms with Crippen LogP contribution in [0, 0.1) is 5.92 Å². The molecule has 0 saturated heterocycles. The molecule has 2 rings (SSSR count). The molecule has 0 spiro atoms. The summed E-state index contributed by atoms with van der Waals surface area (Å²) in [5.74, 6) is 0.780. The van der Waals surface area contributed by atoms with Gasteiger partial charge in [0.2, 0.25) is 5.91 Å². The second-order valence-electron chi connectivity index (χ2n) is 5.49. The SMILES string of the molecule is COc1cc(CNC(=O)CC2C=CCC2)ccc1OCC(N)=O. The zero-order chi connectivity index (χ0) is 16.7. The minimum atomic E-state index is -0.552. The van der Waals surface area contributed by atoms with Crippen LogP contribution in [0.25, 0.3) is 0 Å². The zero-order valence-electron chi connectivity index (χ0n) is 13.2. The molecular formula is C17H22N2O4. The van der Waals surface area contributed by atoms with Crippen LogP contribution in [0.2, 0.25) is 0 Å². The van der Waals surface area contributed by atoms with E-state index in [-0.39, 0.29) is 12.5 Å². The van der Waals surface area contributed by atoms with Gasteiger partial charge in [-0.2, -0.15) is 0 Å². The minimum absolute atomic E-state index is 0.0366. The Balaban J connectivity index is 1.88. The fourth-order valence-corrected chi connectivity index (χ4v) is 2.47. The molecule has 1 aliphatic rings. The van der Waals surface area contributed by atoms with Crippen molar-refractivity contribution in [1.82, 2.24) is 5.32 Å². The average Bonchev–Trinajstić information content (AvgIpc) is 3.04. The first-order valence-corrected chi connectivity index (χ1v) is 7.60. The molecule has 0 bridgehead atoms. The third-order valence-electron chi connectivity index (χ3n) is 3.65. The van der Waals surface area contributed by atoms with Crippen molar-refractivity contribution in [2.45, 2.75) is 25.8 Å². The van der Waals surface area contributed by atoms with Crippen molar-refractivity contribution in [3.8, 4) is 11.5 Å². The number of ether oxygens (including phenoxy) is 2. The summed E-state index contributed by atoms with van der Waals surface area (Å²) in [7, 11) is 1.52. The van der Waals surface area contributed by atoms with Crippen LogP contribution < -0.4 is 20.5 Å². The molecule has 1 aromatic carbocycles. The van der Waals surface area contributed by atoms with E-state index in [1.165, 1.54) is 7.11 Å². The number of hydrogen-bond acceptors (Lipinski definition) is 4. The van der Waals surface area contributed by atoms with Crippen LogP contribution in [0.15, 0.2) is 30.4 Å². The summed E-state index contributed by atoms with van der Waals surface area (Å²) in [6, 6.07) is 5.28. The van der Waals surface area contributed by atoms with Crippen molar-refractivity contribution in [2.24, 2.45) is 11.7 Å². The number of rotatable bonds is 8. The molecule has 2 amide bonds. The van der Waals surface area contributed by atoms with Gasteiger partial charge in [-0.15, -0.1) is 0 Å². The Kier molecular flexibility index (Phi) is 6.02. The second kappa shape index (κ2) is 8.22. The van der Waals surface area contributed by atoms with Gasteiger partial charge in [-0.3, -0.25) is 9.59 Å². The highest BCUT2D eigenvalue weighted by Gasteiger charge is 2.14. The van der Waals surface area contributed by atoms with Crippen LogP contribution in [-0.4, -0.2) is 25.5 Å².